The van der Waals surface area contributed by atoms with Crippen LogP contribution in [0, 0.1) is 5.92 Å². The predicted molar refractivity (Wildman–Crippen MR) is 176 cm³/mol. The van der Waals surface area contributed by atoms with Gasteiger partial charge in [0.1, 0.15) is 5.75 Å². The Bertz CT molecular complexity index is 1670. The summed E-state index contributed by atoms with van der Waals surface area (Å²) >= 11 is 0. The molecule has 0 bridgehead atoms. The lowest BCUT2D eigenvalue weighted by atomic mass is 9.66. The largest absolute Gasteiger partial charge is 0.464 e. The summed E-state index contributed by atoms with van der Waals surface area (Å²) in [6.07, 6.45) is 1.42. The van der Waals surface area contributed by atoms with Crippen LogP contribution in [-0.2, 0) is 40.4 Å². The minimum absolute atomic E-state index is 0.0884. The molecule has 8 nitrogen and oxygen atoms in total. The zero-order chi connectivity index (χ0) is 33.1. The van der Waals surface area contributed by atoms with Gasteiger partial charge in [-0.05, 0) is 54.0 Å². The summed E-state index contributed by atoms with van der Waals surface area (Å²) in [6, 6.07) is 21.1. The molecule has 3 aliphatic rings. The zero-order valence-corrected chi connectivity index (χ0v) is 28.0. The number of fused-ring (bicyclic) bond motifs is 6. The van der Waals surface area contributed by atoms with Crippen molar-refractivity contribution in [2.24, 2.45) is 10.9 Å². The Balaban J connectivity index is 1.76. The summed E-state index contributed by atoms with van der Waals surface area (Å²) in [7, 11) is 0. The molecule has 0 unspecified atom stereocenters. The first-order valence-electron chi connectivity index (χ1n) is 16.1. The van der Waals surface area contributed by atoms with Gasteiger partial charge in [-0.2, -0.15) is 0 Å². The zero-order valence-electron chi connectivity index (χ0n) is 28.0. The Morgan fingerprint density at radius 2 is 1.50 bits per heavy atom. The van der Waals surface area contributed by atoms with Gasteiger partial charge in [-0.25, -0.2) is 14.6 Å². The molecule has 1 spiro atoms. The van der Waals surface area contributed by atoms with Crippen molar-refractivity contribution in [1.82, 2.24) is 5.32 Å². The van der Waals surface area contributed by atoms with Gasteiger partial charge in [-0.15, -0.1) is 0 Å². The van der Waals surface area contributed by atoms with E-state index in [-0.39, 0.29) is 24.0 Å². The van der Waals surface area contributed by atoms with Gasteiger partial charge in [0, 0.05) is 23.1 Å². The van der Waals surface area contributed by atoms with Crippen LogP contribution in [0.2, 0.25) is 0 Å². The topological polar surface area (TPSA) is 95.5 Å². The van der Waals surface area contributed by atoms with E-state index in [9.17, 15) is 9.59 Å². The first kappa shape index (κ1) is 31.8. The first-order chi connectivity index (χ1) is 21.8. The Hall–Kier alpha value is -4.17. The maximum Gasteiger partial charge on any atom is 0.338 e. The third-order valence-electron chi connectivity index (χ3n) is 9.44. The first-order valence-corrected chi connectivity index (χ1v) is 16.1. The monoisotopic (exact) mass is 624 g/mol. The number of rotatable bonds is 5. The van der Waals surface area contributed by atoms with E-state index in [4.69, 9.17) is 18.9 Å². The highest BCUT2D eigenvalue weighted by molar-refractivity contribution is 6.07. The quantitative estimate of drug-likeness (QED) is 0.238. The molecule has 46 heavy (non-hydrogen) atoms. The van der Waals surface area contributed by atoms with Gasteiger partial charge < -0.3 is 18.9 Å². The van der Waals surface area contributed by atoms with Crippen LogP contribution in [0.25, 0.3) is 0 Å². The maximum atomic E-state index is 14.4. The van der Waals surface area contributed by atoms with Gasteiger partial charge in [0.05, 0.1) is 30.4 Å². The molecule has 242 valence electrons. The lowest BCUT2D eigenvalue weighted by Crippen LogP contribution is -2.60. The lowest BCUT2D eigenvalue weighted by Gasteiger charge is -2.49. The van der Waals surface area contributed by atoms with E-state index in [0.717, 1.165) is 22.3 Å². The van der Waals surface area contributed by atoms with Crippen LogP contribution in [0.4, 0.5) is 5.69 Å². The van der Waals surface area contributed by atoms with Crippen LogP contribution >= 0.6 is 0 Å². The molecule has 3 aromatic carbocycles. The molecular formula is C38H44N2O6. The molecule has 0 amide bonds. The number of hydrogen-bond acceptors (Lipinski definition) is 8. The summed E-state index contributed by atoms with van der Waals surface area (Å²) in [6.45, 7) is 16.7. The second kappa shape index (κ2) is 11.3. The number of ether oxygens (including phenoxy) is 4. The van der Waals surface area contributed by atoms with Crippen molar-refractivity contribution >= 4 is 24.0 Å². The van der Waals surface area contributed by atoms with Gasteiger partial charge in [-0.3, -0.25) is 5.32 Å². The SMILES string of the molecule is CCOC(=O)C1(C(=O)OCC)N[C@@H]2c3cc(C(C)(C)C)cc(C(C)(C)C)c3O[C@]3(OC=Nc4ccccc43)[C@@H]2[C@H]1c1ccccc1. The number of hydrogen-bond donors (Lipinski definition) is 1. The fourth-order valence-electron chi connectivity index (χ4n) is 7.31. The van der Waals surface area contributed by atoms with E-state index in [1.54, 1.807) is 13.8 Å². The highest BCUT2D eigenvalue weighted by Crippen LogP contribution is 2.64. The fraction of sp³-hybridized carbons (Fsp3) is 0.447. The number of nitrogens with zero attached hydrogens (tertiary/aromatic N) is 1. The van der Waals surface area contributed by atoms with Crippen LogP contribution in [-0.4, -0.2) is 37.1 Å². The van der Waals surface area contributed by atoms with Crippen LogP contribution in [0.5, 0.6) is 5.75 Å². The van der Waals surface area contributed by atoms with Crippen molar-refractivity contribution in [1.29, 1.82) is 0 Å². The maximum absolute atomic E-state index is 14.4. The minimum Gasteiger partial charge on any atom is -0.464 e. The third-order valence-corrected chi connectivity index (χ3v) is 9.44. The van der Waals surface area contributed by atoms with Crippen molar-refractivity contribution in [2.45, 2.75) is 89.5 Å². The Morgan fingerprint density at radius 1 is 0.870 bits per heavy atom. The van der Waals surface area contributed by atoms with Crippen molar-refractivity contribution in [3.63, 3.8) is 0 Å². The predicted octanol–water partition coefficient (Wildman–Crippen LogP) is 7.13. The summed E-state index contributed by atoms with van der Waals surface area (Å²) in [5.74, 6) is -3.67. The summed E-state index contributed by atoms with van der Waals surface area (Å²) in [5.41, 5.74) is 2.70. The molecule has 3 heterocycles. The average Bonchev–Trinajstić information content (AvgIpc) is 3.39. The normalized spacial score (nSPS) is 24.2. The van der Waals surface area contributed by atoms with Crippen LogP contribution < -0.4 is 10.1 Å². The highest BCUT2D eigenvalue weighted by atomic mass is 16.7. The van der Waals surface area contributed by atoms with Crippen LogP contribution in [0.1, 0.15) is 95.2 Å². The molecule has 1 N–H and O–H groups in total. The van der Waals surface area contributed by atoms with E-state index >= 15 is 0 Å². The molecule has 6 rings (SSSR count). The van der Waals surface area contributed by atoms with E-state index in [0.29, 0.717) is 17.0 Å². The number of benzene rings is 3. The second-order valence-electron chi connectivity index (χ2n) is 14.4. The molecule has 0 radical (unpaired) electrons. The minimum atomic E-state index is -1.91. The molecule has 0 aromatic heterocycles. The van der Waals surface area contributed by atoms with Gasteiger partial charge >= 0.3 is 11.9 Å². The summed E-state index contributed by atoms with van der Waals surface area (Å²) in [4.78, 5) is 33.4. The van der Waals surface area contributed by atoms with E-state index < -0.39 is 41.1 Å². The molecule has 3 aromatic rings. The molecular weight excluding hydrogens is 580 g/mol. The van der Waals surface area contributed by atoms with E-state index in [2.05, 4.69) is 64.0 Å². The van der Waals surface area contributed by atoms with E-state index in [1.807, 2.05) is 54.6 Å². The number of carbonyl (C=O) groups excluding carboxylic acids is 2. The number of carbonyl (C=O) groups is 2. The van der Waals surface area contributed by atoms with Crippen molar-refractivity contribution in [2.75, 3.05) is 13.2 Å². The number of nitrogens with one attached hydrogen (secondary N) is 1. The number of aliphatic imine (C=N–C) groups is 1. The third kappa shape index (κ3) is 4.80. The fourth-order valence-corrected chi connectivity index (χ4v) is 7.31. The van der Waals surface area contributed by atoms with E-state index in [1.165, 1.54) is 6.40 Å². The van der Waals surface area contributed by atoms with Crippen molar-refractivity contribution in [3.8, 4) is 5.75 Å². The highest BCUT2D eigenvalue weighted by Gasteiger charge is 2.73. The van der Waals surface area contributed by atoms with Gasteiger partial charge in [0.25, 0.3) is 5.79 Å². The Morgan fingerprint density at radius 3 is 2.11 bits per heavy atom. The molecule has 4 atom stereocenters. The molecule has 0 saturated carbocycles. The molecule has 1 fully saturated rings. The smallest absolute Gasteiger partial charge is 0.338 e. The Kier molecular flexibility index (Phi) is 7.79. The van der Waals surface area contributed by atoms with Crippen molar-refractivity contribution < 1.29 is 28.5 Å². The average molecular weight is 625 g/mol. The molecule has 1 saturated heterocycles. The molecule has 3 aliphatic heterocycles. The van der Waals surface area contributed by atoms with Gasteiger partial charge in [0.2, 0.25) is 5.54 Å². The molecule has 0 aliphatic carbocycles. The standard InChI is InChI=1S/C38H44N2O6/c1-9-43-33(41)37(34(42)44-10-2)29(23-16-12-11-13-17-23)30-31(40-37)25-20-24(35(3,4)5)21-27(36(6,7)8)32(25)46-38(30)26-18-14-15-19-28(26)39-22-45-38/h11-22,29-31,40H,9-10H2,1-8H3/t29-,30-,31-,38+/m1/s1. The van der Waals surface area contributed by atoms with Crippen LogP contribution in [0.3, 0.4) is 0 Å². The summed E-state index contributed by atoms with van der Waals surface area (Å²) < 4.78 is 25.4. The Labute approximate surface area is 271 Å². The van der Waals surface area contributed by atoms with Gasteiger partial charge in [0.15, 0.2) is 6.40 Å². The molecule has 8 heteroatoms. The van der Waals surface area contributed by atoms with Crippen molar-refractivity contribution in [3.05, 3.63) is 94.5 Å². The number of para-hydroxylation sites is 1. The lowest BCUT2D eigenvalue weighted by molar-refractivity contribution is -0.193. The number of esters is 2. The second-order valence-corrected chi connectivity index (χ2v) is 14.4. The van der Waals surface area contributed by atoms with Gasteiger partial charge in [-0.1, -0.05) is 90.1 Å². The van der Waals surface area contributed by atoms with Crippen LogP contribution in [0.15, 0.2) is 71.7 Å². The summed E-state index contributed by atoms with van der Waals surface area (Å²) in [5, 5.41) is 3.59.